The van der Waals surface area contributed by atoms with Gasteiger partial charge in [0, 0.05) is 6.54 Å². The average molecular weight is 225 g/mol. The zero-order valence-corrected chi connectivity index (χ0v) is 11.7. The third-order valence-electron chi connectivity index (χ3n) is 2.88. The number of allylic oxidation sites excluding steroid dienone is 1. The van der Waals surface area contributed by atoms with E-state index in [0.29, 0.717) is 0 Å². The van der Waals surface area contributed by atoms with Crippen LogP contribution in [-0.4, -0.2) is 25.5 Å². The molecule has 1 heteroatoms. The molecule has 1 nitrogen and oxygen atoms in total. The second kappa shape index (κ2) is 12.8. The monoisotopic (exact) mass is 225 g/mol. The molecule has 0 fully saturated rings. The van der Waals surface area contributed by atoms with Gasteiger partial charge in [-0.15, -0.1) is 0 Å². The number of nitrogens with zero attached hydrogens (tertiary/aromatic N) is 1. The first-order valence-electron chi connectivity index (χ1n) is 7.07. The number of hydrogen-bond donors (Lipinski definition) is 0. The van der Waals surface area contributed by atoms with Crippen LogP contribution < -0.4 is 0 Å². The van der Waals surface area contributed by atoms with Crippen molar-refractivity contribution in [1.82, 2.24) is 4.90 Å². The lowest BCUT2D eigenvalue weighted by molar-refractivity contribution is 0.417. The van der Waals surface area contributed by atoms with Gasteiger partial charge in [-0.25, -0.2) is 0 Å². The van der Waals surface area contributed by atoms with E-state index in [2.05, 4.69) is 38.1 Å². The summed E-state index contributed by atoms with van der Waals surface area (Å²) in [6.45, 7) is 3.45. The Kier molecular flexibility index (Phi) is 12.5. The molecule has 0 bridgehead atoms. The molecule has 0 saturated carbocycles. The van der Waals surface area contributed by atoms with Crippen LogP contribution in [0.3, 0.4) is 0 Å². The smallest absolute Gasteiger partial charge is 0.000980 e. The minimum absolute atomic E-state index is 1.17. The van der Waals surface area contributed by atoms with Crippen molar-refractivity contribution in [3.63, 3.8) is 0 Å². The molecule has 0 aliphatic carbocycles. The summed E-state index contributed by atoms with van der Waals surface area (Å²) in [5.74, 6) is 0. The van der Waals surface area contributed by atoms with Crippen LogP contribution in [0, 0.1) is 0 Å². The van der Waals surface area contributed by atoms with Gasteiger partial charge in [0.25, 0.3) is 0 Å². The minimum Gasteiger partial charge on any atom is -0.309 e. The predicted octanol–water partition coefficient (Wildman–Crippen LogP) is 4.64. The van der Waals surface area contributed by atoms with Crippen LogP contribution in [0.4, 0.5) is 0 Å². The van der Waals surface area contributed by atoms with E-state index in [0.717, 1.165) is 0 Å². The molecule has 16 heavy (non-hydrogen) atoms. The molecule has 0 aromatic heterocycles. The SMILES string of the molecule is CCCCCCCCC/C=C/CCN(C)C. The van der Waals surface area contributed by atoms with Gasteiger partial charge in [-0.3, -0.25) is 0 Å². The Labute approximate surface area is 103 Å². The van der Waals surface area contributed by atoms with Crippen LogP contribution in [0.5, 0.6) is 0 Å². The van der Waals surface area contributed by atoms with Crippen LogP contribution in [0.1, 0.15) is 64.7 Å². The standard InChI is InChI=1S/C15H31N/c1-4-5-6-7-8-9-10-11-12-13-14-15-16(2)3/h12-13H,4-11,14-15H2,1-3H3/b13-12+. The van der Waals surface area contributed by atoms with Crippen molar-refractivity contribution >= 4 is 0 Å². The minimum atomic E-state index is 1.17. The second-order valence-corrected chi connectivity index (χ2v) is 4.97. The number of unbranched alkanes of at least 4 members (excludes halogenated alkanes) is 7. The lowest BCUT2D eigenvalue weighted by Crippen LogP contribution is -2.11. The van der Waals surface area contributed by atoms with E-state index in [1.54, 1.807) is 0 Å². The molecule has 0 spiro atoms. The predicted molar refractivity (Wildman–Crippen MR) is 74.9 cm³/mol. The lowest BCUT2D eigenvalue weighted by Gasteiger charge is -2.05. The van der Waals surface area contributed by atoms with Gasteiger partial charge in [-0.1, -0.05) is 57.6 Å². The van der Waals surface area contributed by atoms with Gasteiger partial charge >= 0.3 is 0 Å². The van der Waals surface area contributed by atoms with Gasteiger partial charge in [-0.2, -0.15) is 0 Å². The van der Waals surface area contributed by atoms with Gasteiger partial charge in [0.2, 0.25) is 0 Å². The molecule has 0 aliphatic rings. The van der Waals surface area contributed by atoms with Crippen LogP contribution in [0.25, 0.3) is 0 Å². The molecule has 96 valence electrons. The fraction of sp³-hybridized carbons (Fsp3) is 0.867. The zero-order valence-electron chi connectivity index (χ0n) is 11.7. The van der Waals surface area contributed by atoms with Crippen molar-refractivity contribution in [3.05, 3.63) is 12.2 Å². The van der Waals surface area contributed by atoms with E-state index in [1.165, 1.54) is 64.3 Å². The van der Waals surface area contributed by atoms with Gasteiger partial charge < -0.3 is 4.90 Å². The molecular weight excluding hydrogens is 194 g/mol. The molecule has 0 aromatic rings. The van der Waals surface area contributed by atoms with Crippen LogP contribution in [0.15, 0.2) is 12.2 Å². The molecule has 0 amide bonds. The first-order chi connectivity index (χ1) is 7.77. The summed E-state index contributed by atoms with van der Waals surface area (Å²) in [5.41, 5.74) is 0. The van der Waals surface area contributed by atoms with E-state index >= 15 is 0 Å². The number of hydrogen-bond acceptors (Lipinski definition) is 1. The van der Waals surface area contributed by atoms with E-state index in [4.69, 9.17) is 0 Å². The van der Waals surface area contributed by atoms with E-state index in [1.807, 2.05) is 0 Å². The molecule has 0 radical (unpaired) electrons. The maximum Gasteiger partial charge on any atom is 0.000980 e. The summed E-state index contributed by atoms with van der Waals surface area (Å²) in [6.07, 6.45) is 17.1. The first kappa shape index (κ1) is 15.7. The summed E-state index contributed by atoms with van der Waals surface area (Å²) in [6, 6.07) is 0. The van der Waals surface area contributed by atoms with Crippen LogP contribution >= 0.6 is 0 Å². The Bertz CT molecular complexity index is 150. The van der Waals surface area contributed by atoms with Gasteiger partial charge in [0.05, 0.1) is 0 Å². The Morgan fingerprint density at radius 1 is 0.750 bits per heavy atom. The number of rotatable bonds is 11. The van der Waals surface area contributed by atoms with Crippen LogP contribution in [0.2, 0.25) is 0 Å². The molecule has 0 aromatic carbocycles. The Morgan fingerprint density at radius 2 is 1.31 bits per heavy atom. The van der Waals surface area contributed by atoms with Gasteiger partial charge in [0.15, 0.2) is 0 Å². The lowest BCUT2D eigenvalue weighted by atomic mass is 10.1. The summed E-state index contributed by atoms with van der Waals surface area (Å²) in [4.78, 5) is 2.23. The zero-order chi connectivity index (χ0) is 12.1. The molecule has 0 N–H and O–H groups in total. The van der Waals surface area contributed by atoms with Crippen LogP contribution in [-0.2, 0) is 0 Å². The van der Waals surface area contributed by atoms with E-state index < -0.39 is 0 Å². The Hall–Kier alpha value is -0.300. The summed E-state index contributed by atoms with van der Waals surface area (Å²) in [5, 5.41) is 0. The summed E-state index contributed by atoms with van der Waals surface area (Å²) >= 11 is 0. The van der Waals surface area contributed by atoms with E-state index in [-0.39, 0.29) is 0 Å². The van der Waals surface area contributed by atoms with E-state index in [9.17, 15) is 0 Å². The maximum atomic E-state index is 2.36. The topological polar surface area (TPSA) is 3.24 Å². The third kappa shape index (κ3) is 13.7. The fourth-order valence-corrected chi connectivity index (χ4v) is 1.79. The maximum absolute atomic E-state index is 2.36. The molecule has 0 unspecified atom stereocenters. The van der Waals surface area contributed by atoms with Gasteiger partial charge in [-0.05, 0) is 33.4 Å². The quantitative estimate of drug-likeness (QED) is 0.366. The van der Waals surface area contributed by atoms with Crippen molar-refractivity contribution in [2.45, 2.75) is 64.7 Å². The second-order valence-electron chi connectivity index (χ2n) is 4.97. The largest absolute Gasteiger partial charge is 0.309 e. The fourth-order valence-electron chi connectivity index (χ4n) is 1.79. The molecular formula is C15H31N. The van der Waals surface area contributed by atoms with Crippen molar-refractivity contribution < 1.29 is 0 Å². The highest BCUT2D eigenvalue weighted by Crippen LogP contribution is 2.08. The van der Waals surface area contributed by atoms with Crippen molar-refractivity contribution in [2.24, 2.45) is 0 Å². The average Bonchev–Trinajstić information content (AvgIpc) is 2.25. The van der Waals surface area contributed by atoms with Crippen molar-refractivity contribution in [1.29, 1.82) is 0 Å². The molecule has 0 rings (SSSR count). The molecule has 0 atom stereocenters. The molecule has 0 saturated heterocycles. The third-order valence-corrected chi connectivity index (χ3v) is 2.88. The Balaban J connectivity index is 3.03. The van der Waals surface area contributed by atoms with Crippen molar-refractivity contribution in [3.8, 4) is 0 Å². The first-order valence-corrected chi connectivity index (χ1v) is 7.07. The Morgan fingerprint density at radius 3 is 1.94 bits per heavy atom. The summed E-state index contributed by atoms with van der Waals surface area (Å²) in [7, 11) is 4.26. The highest BCUT2D eigenvalue weighted by atomic mass is 15.0. The molecule has 0 heterocycles. The highest BCUT2D eigenvalue weighted by Gasteiger charge is 1.89. The summed E-state index contributed by atoms with van der Waals surface area (Å²) < 4.78 is 0. The van der Waals surface area contributed by atoms with Gasteiger partial charge in [0.1, 0.15) is 0 Å². The highest BCUT2D eigenvalue weighted by molar-refractivity contribution is 4.81. The van der Waals surface area contributed by atoms with Crippen molar-refractivity contribution in [2.75, 3.05) is 20.6 Å². The molecule has 0 aliphatic heterocycles. The normalized spacial score (nSPS) is 11.8.